The van der Waals surface area contributed by atoms with E-state index in [1.807, 2.05) is 18.5 Å². The molecule has 234 valence electrons. The molecule has 0 bridgehead atoms. The molecule has 4 heterocycles. The van der Waals surface area contributed by atoms with Crippen LogP contribution in [0.15, 0.2) is 83.3 Å². The van der Waals surface area contributed by atoms with Gasteiger partial charge in [0.25, 0.3) is 12.0 Å². The summed E-state index contributed by atoms with van der Waals surface area (Å²) in [6, 6.07) is 17.9. The molecule has 2 aliphatic heterocycles. The van der Waals surface area contributed by atoms with Crippen LogP contribution in [0.5, 0.6) is 5.88 Å². The summed E-state index contributed by atoms with van der Waals surface area (Å²) in [5.74, 6) is 0.473. The Balaban J connectivity index is 1.11. The smallest absolute Gasteiger partial charge is 0.286 e. The van der Waals surface area contributed by atoms with Crippen LogP contribution >= 0.6 is 0 Å². The quantitative estimate of drug-likeness (QED) is 0.329. The Hall–Kier alpha value is -4.99. The first-order valence-electron chi connectivity index (χ1n) is 15.9. The average Bonchev–Trinajstić information content (AvgIpc) is 3.55. The summed E-state index contributed by atoms with van der Waals surface area (Å²) in [5.41, 5.74) is 14.6. The Morgan fingerprint density at radius 2 is 1.93 bits per heavy atom. The molecule has 1 saturated heterocycles. The number of nitrogens with one attached hydrogen (secondary N) is 1. The highest BCUT2D eigenvalue weighted by Crippen LogP contribution is 2.43. The highest BCUT2D eigenvalue weighted by molar-refractivity contribution is 5.78. The lowest BCUT2D eigenvalue weighted by Gasteiger charge is -2.37. The van der Waals surface area contributed by atoms with Gasteiger partial charge in [0.2, 0.25) is 5.88 Å². The molecule has 0 saturated carbocycles. The van der Waals surface area contributed by atoms with Gasteiger partial charge in [-0.05, 0) is 79.0 Å². The Bertz CT molecular complexity index is 1860. The first kappa shape index (κ1) is 28.5. The van der Waals surface area contributed by atoms with E-state index in [-0.39, 0.29) is 23.7 Å². The summed E-state index contributed by atoms with van der Waals surface area (Å²) in [4.78, 5) is 23.3. The number of aromatic nitrogens is 3. The molecule has 0 radical (unpaired) electrons. The summed E-state index contributed by atoms with van der Waals surface area (Å²) in [5, 5.41) is 3.78. The second-order valence-electron chi connectivity index (χ2n) is 12.9. The highest BCUT2D eigenvalue weighted by atomic mass is 16.5. The van der Waals surface area contributed by atoms with Crippen LogP contribution in [-0.4, -0.2) is 57.9 Å². The molecular weight excluding hydrogens is 578 g/mol. The first-order valence-corrected chi connectivity index (χ1v) is 15.9. The van der Waals surface area contributed by atoms with E-state index in [9.17, 15) is 0 Å². The maximum atomic E-state index is 6.52. The van der Waals surface area contributed by atoms with Gasteiger partial charge in [0.05, 0.1) is 36.8 Å². The number of hydrogen-bond acceptors (Lipinski definition) is 9. The zero-order valence-corrected chi connectivity index (χ0v) is 26.1. The van der Waals surface area contributed by atoms with Crippen molar-refractivity contribution in [3.8, 4) is 28.3 Å². The van der Waals surface area contributed by atoms with Crippen molar-refractivity contribution < 1.29 is 14.2 Å². The van der Waals surface area contributed by atoms with Crippen LogP contribution in [0.2, 0.25) is 0 Å². The SMILES string of the molecule is COc1cncc(-c2ccc3c(c2)C[C@@]2(CCC3N=C3N[C@]4(CCc5c(cccc5-c5cccnc5)C4)[C@@H](C)O3)COC(N)=N2)n1. The average molecular weight is 616 g/mol. The zero-order chi connectivity index (χ0) is 31.3. The molecule has 1 fully saturated rings. The van der Waals surface area contributed by atoms with E-state index < -0.39 is 5.54 Å². The largest absolute Gasteiger partial charge is 0.480 e. The van der Waals surface area contributed by atoms with Gasteiger partial charge in [0, 0.05) is 29.9 Å². The number of benzene rings is 2. The van der Waals surface area contributed by atoms with Gasteiger partial charge in [-0.1, -0.05) is 36.4 Å². The summed E-state index contributed by atoms with van der Waals surface area (Å²) in [7, 11) is 1.59. The number of aliphatic imine (C=N–C) groups is 2. The second kappa shape index (κ2) is 11.1. The van der Waals surface area contributed by atoms with Gasteiger partial charge >= 0.3 is 0 Å². The van der Waals surface area contributed by atoms with Crippen LogP contribution in [0.3, 0.4) is 0 Å². The molecule has 10 nitrogen and oxygen atoms in total. The monoisotopic (exact) mass is 615 g/mol. The molecule has 46 heavy (non-hydrogen) atoms. The first-order chi connectivity index (χ1) is 22.4. The molecule has 4 aromatic rings. The number of rotatable bonds is 4. The van der Waals surface area contributed by atoms with Crippen molar-refractivity contribution in [2.45, 2.75) is 68.7 Å². The Morgan fingerprint density at radius 3 is 2.76 bits per heavy atom. The molecule has 2 aromatic carbocycles. The van der Waals surface area contributed by atoms with Crippen molar-refractivity contribution in [3.63, 3.8) is 0 Å². The van der Waals surface area contributed by atoms with Gasteiger partial charge < -0.3 is 25.3 Å². The van der Waals surface area contributed by atoms with Gasteiger partial charge in [-0.25, -0.2) is 15.0 Å². The molecular formula is C36H37N7O3. The molecule has 4 aliphatic rings. The topological polar surface area (TPSA) is 129 Å². The van der Waals surface area contributed by atoms with Crippen molar-refractivity contribution in [1.82, 2.24) is 20.3 Å². The van der Waals surface area contributed by atoms with Gasteiger partial charge in [-0.15, -0.1) is 0 Å². The molecule has 1 unspecified atom stereocenters. The Labute approximate surface area is 268 Å². The number of methoxy groups -OCH3 is 1. The third kappa shape index (κ3) is 5.02. The lowest BCUT2D eigenvalue weighted by atomic mass is 9.74. The third-order valence-corrected chi connectivity index (χ3v) is 10.1. The van der Waals surface area contributed by atoms with Crippen LogP contribution < -0.4 is 15.8 Å². The number of nitrogens with two attached hydrogens (primary N) is 1. The van der Waals surface area contributed by atoms with Crippen LogP contribution in [0.25, 0.3) is 22.4 Å². The van der Waals surface area contributed by atoms with E-state index in [4.69, 9.17) is 29.9 Å². The molecule has 0 amide bonds. The summed E-state index contributed by atoms with van der Waals surface area (Å²) in [6.45, 7) is 2.62. The summed E-state index contributed by atoms with van der Waals surface area (Å²) >= 11 is 0. The number of pyridine rings is 1. The summed E-state index contributed by atoms with van der Waals surface area (Å²) < 4.78 is 17.5. The minimum Gasteiger partial charge on any atom is -0.480 e. The fourth-order valence-electron chi connectivity index (χ4n) is 7.64. The fourth-order valence-corrected chi connectivity index (χ4v) is 7.64. The van der Waals surface area contributed by atoms with E-state index in [2.05, 4.69) is 69.7 Å². The maximum Gasteiger partial charge on any atom is 0.286 e. The summed E-state index contributed by atoms with van der Waals surface area (Å²) in [6.07, 6.45) is 12.2. The third-order valence-electron chi connectivity index (χ3n) is 10.1. The van der Waals surface area contributed by atoms with Crippen LogP contribution in [0.1, 0.15) is 54.5 Å². The van der Waals surface area contributed by atoms with Crippen molar-refractivity contribution in [2.24, 2.45) is 15.7 Å². The van der Waals surface area contributed by atoms with E-state index in [1.165, 1.54) is 16.7 Å². The Kier molecular flexibility index (Phi) is 6.88. The highest BCUT2D eigenvalue weighted by Gasteiger charge is 2.48. The molecule has 4 atom stereocenters. The number of nitrogens with zero attached hydrogens (tertiary/aromatic N) is 5. The molecule has 8 rings (SSSR count). The fraction of sp³-hybridized carbons (Fsp3) is 0.361. The molecule has 3 N–H and O–H groups in total. The van der Waals surface area contributed by atoms with E-state index in [0.29, 0.717) is 24.9 Å². The zero-order valence-electron chi connectivity index (χ0n) is 26.1. The lowest BCUT2D eigenvalue weighted by Crippen LogP contribution is -2.51. The molecule has 2 aliphatic carbocycles. The van der Waals surface area contributed by atoms with E-state index in [0.717, 1.165) is 60.1 Å². The number of amidine groups is 2. The number of ether oxygens (including phenoxy) is 3. The predicted molar refractivity (Wildman–Crippen MR) is 176 cm³/mol. The van der Waals surface area contributed by atoms with Crippen molar-refractivity contribution in [3.05, 3.63) is 95.6 Å². The van der Waals surface area contributed by atoms with Gasteiger partial charge in [-0.2, -0.15) is 0 Å². The predicted octanol–water partition coefficient (Wildman–Crippen LogP) is 4.97. The lowest BCUT2D eigenvalue weighted by molar-refractivity contribution is 0.147. The minimum atomic E-state index is -0.427. The molecule has 10 heteroatoms. The van der Waals surface area contributed by atoms with E-state index >= 15 is 0 Å². The van der Waals surface area contributed by atoms with Crippen LogP contribution in [-0.2, 0) is 28.7 Å². The van der Waals surface area contributed by atoms with Crippen molar-refractivity contribution in [2.75, 3.05) is 13.7 Å². The number of fused-ring (bicyclic) bond motifs is 2. The normalized spacial score (nSPS) is 27.3. The minimum absolute atomic E-state index is 0.0281. The molecule has 2 aromatic heterocycles. The maximum absolute atomic E-state index is 6.52. The molecule has 2 spiro atoms. The standard InChI is InChI=1S/C36H37N7O3/c1-22-36(13-10-28-24(17-36)5-3-7-27(28)25-6-4-14-38-18-25)43-34(46-22)41-30-11-12-35(21-45-33(37)42-35)16-26-15-23(8-9-29(26)30)31-19-39-20-32(40-31)44-2/h3-9,14-15,18-20,22,30H,10-13,16-17,21H2,1-2H3,(H2,37,42)(H,41,43)/t22-,30?,35+,36+/m1/s1. The van der Waals surface area contributed by atoms with Crippen LogP contribution in [0, 0.1) is 0 Å². The van der Waals surface area contributed by atoms with Gasteiger partial charge in [0.15, 0.2) is 0 Å². The second-order valence-corrected chi connectivity index (χ2v) is 12.9. The van der Waals surface area contributed by atoms with Crippen LogP contribution in [0.4, 0.5) is 0 Å². The van der Waals surface area contributed by atoms with Crippen molar-refractivity contribution >= 4 is 12.0 Å². The van der Waals surface area contributed by atoms with E-state index in [1.54, 1.807) is 19.5 Å². The van der Waals surface area contributed by atoms with Crippen molar-refractivity contribution in [1.29, 1.82) is 0 Å². The van der Waals surface area contributed by atoms with Gasteiger partial charge in [0.1, 0.15) is 18.2 Å². The van der Waals surface area contributed by atoms with Gasteiger partial charge in [-0.3, -0.25) is 9.97 Å². The number of hydrogen-bond donors (Lipinski definition) is 2. The Morgan fingerprint density at radius 1 is 1.00 bits per heavy atom.